The molecule has 2 rings (SSSR count). The Labute approximate surface area is 114 Å². The molecule has 1 saturated heterocycles. The van der Waals surface area contributed by atoms with Crippen LogP contribution in [0.25, 0.3) is 0 Å². The van der Waals surface area contributed by atoms with E-state index in [0.29, 0.717) is 5.69 Å². The van der Waals surface area contributed by atoms with Crippen molar-refractivity contribution in [2.45, 2.75) is 31.9 Å². The number of halogens is 1. The molecule has 1 N–H and O–H groups in total. The number of thiazole rings is 1. The summed E-state index contributed by atoms with van der Waals surface area (Å²) in [6, 6.07) is 0. The van der Waals surface area contributed by atoms with E-state index in [0.717, 1.165) is 11.4 Å². The number of likely N-dealkylation sites (tertiary alicyclic amines) is 1. The Morgan fingerprint density at radius 3 is 2.89 bits per heavy atom. The molecule has 104 valence electrons. The first-order chi connectivity index (χ1) is 8.94. The van der Waals surface area contributed by atoms with Crippen LogP contribution in [0, 0.1) is 0 Å². The van der Waals surface area contributed by atoms with Gasteiger partial charge in [-0.05, 0) is 6.42 Å². The SMILES string of the molecule is CCc1nc(CC(=O)N2CCC(F)(C(=O)O)C2)cs1. The molecule has 1 aliphatic rings. The number of carboxylic acids is 1. The first-order valence-corrected chi connectivity index (χ1v) is 6.96. The Balaban J connectivity index is 1.96. The van der Waals surface area contributed by atoms with E-state index in [1.807, 2.05) is 12.3 Å². The standard InChI is InChI=1S/C12H15FN2O3S/c1-2-9-14-8(6-19-9)5-10(16)15-4-3-12(13,7-15)11(17)18/h6H,2-5,7H2,1H3,(H,17,18). The summed E-state index contributed by atoms with van der Waals surface area (Å²) in [5.41, 5.74) is -1.63. The molecule has 1 unspecified atom stereocenters. The van der Waals surface area contributed by atoms with Crippen LogP contribution in [0.15, 0.2) is 5.38 Å². The minimum absolute atomic E-state index is 0.103. The second kappa shape index (κ2) is 5.24. The number of hydrogen-bond acceptors (Lipinski definition) is 4. The van der Waals surface area contributed by atoms with Crippen molar-refractivity contribution in [2.24, 2.45) is 0 Å². The molecule has 1 aliphatic heterocycles. The van der Waals surface area contributed by atoms with Gasteiger partial charge in [0, 0.05) is 18.3 Å². The lowest BCUT2D eigenvalue weighted by atomic mass is 10.1. The van der Waals surface area contributed by atoms with Crippen molar-refractivity contribution < 1.29 is 19.1 Å². The zero-order valence-corrected chi connectivity index (χ0v) is 11.4. The number of carbonyl (C=O) groups is 2. The summed E-state index contributed by atoms with van der Waals surface area (Å²) in [5, 5.41) is 11.5. The molecule has 19 heavy (non-hydrogen) atoms. The van der Waals surface area contributed by atoms with Gasteiger partial charge in [0.15, 0.2) is 0 Å². The molecular weight excluding hydrogens is 271 g/mol. The molecule has 0 aliphatic carbocycles. The third kappa shape index (κ3) is 2.91. The third-order valence-electron chi connectivity index (χ3n) is 3.19. The number of aliphatic carboxylic acids is 1. The number of carbonyl (C=O) groups excluding carboxylic acids is 1. The minimum Gasteiger partial charge on any atom is -0.479 e. The van der Waals surface area contributed by atoms with E-state index in [9.17, 15) is 14.0 Å². The van der Waals surface area contributed by atoms with Crippen molar-refractivity contribution in [3.8, 4) is 0 Å². The van der Waals surface area contributed by atoms with Crippen LogP contribution in [0.3, 0.4) is 0 Å². The van der Waals surface area contributed by atoms with Crippen LogP contribution in [-0.2, 0) is 22.4 Å². The van der Waals surface area contributed by atoms with Gasteiger partial charge in [-0.2, -0.15) is 0 Å². The van der Waals surface area contributed by atoms with Crippen LogP contribution >= 0.6 is 11.3 Å². The zero-order chi connectivity index (χ0) is 14.0. The number of alkyl halides is 1. The number of aryl methyl sites for hydroxylation is 1. The van der Waals surface area contributed by atoms with Gasteiger partial charge in [0.2, 0.25) is 11.6 Å². The summed E-state index contributed by atoms with van der Waals surface area (Å²) in [6.07, 6.45) is 0.771. The normalized spacial score (nSPS) is 22.7. The number of carboxylic acid groups (broad SMARTS) is 1. The quantitative estimate of drug-likeness (QED) is 0.905. The smallest absolute Gasteiger partial charge is 0.343 e. The molecule has 0 bridgehead atoms. The van der Waals surface area contributed by atoms with Gasteiger partial charge in [-0.1, -0.05) is 6.92 Å². The van der Waals surface area contributed by atoms with Gasteiger partial charge >= 0.3 is 5.97 Å². The largest absolute Gasteiger partial charge is 0.479 e. The van der Waals surface area contributed by atoms with Crippen molar-refractivity contribution >= 4 is 23.2 Å². The summed E-state index contributed by atoms with van der Waals surface area (Å²) in [7, 11) is 0. The number of hydrogen-bond donors (Lipinski definition) is 1. The van der Waals surface area contributed by atoms with E-state index >= 15 is 0 Å². The fourth-order valence-corrected chi connectivity index (χ4v) is 2.76. The van der Waals surface area contributed by atoms with Crippen molar-refractivity contribution in [1.82, 2.24) is 9.88 Å². The van der Waals surface area contributed by atoms with Crippen molar-refractivity contribution in [3.63, 3.8) is 0 Å². The lowest BCUT2D eigenvalue weighted by Crippen LogP contribution is -2.39. The third-order valence-corrected chi connectivity index (χ3v) is 4.23. The number of nitrogens with zero attached hydrogens (tertiary/aromatic N) is 2. The molecule has 1 aromatic heterocycles. The highest BCUT2D eigenvalue weighted by molar-refractivity contribution is 7.09. The topological polar surface area (TPSA) is 70.5 Å². The maximum absolute atomic E-state index is 13.8. The number of aromatic nitrogens is 1. The second-order valence-electron chi connectivity index (χ2n) is 4.60. The Kier molecular flexibility index (Phi) is 3.84. The van der Waals surface area contributed by atoms with E-state index in [-0.39, 0.29) is 31.8 Å². The summed E-state index contributed by atoms with van der Waals surface area (Å²) in [6.45, 7) is 1.76. The highest BCUT2D eigenvalue weighted by atomic mass is 32.1. The first-order valence-electron chi connectivity index (χ1n) is 6.08. The monoisotopic (exact) mass is 286 g/mol. The van der Waals surface area contributed by atoms with Gasteiger partial charge in [0.05, 0.1) is 23.7 Å². The Morgan fingerprint density at radius 1 is 1.63 bits per heavy atom. The first kappa shape index (κ1) is 13.9. The van der Waals surface area contributed by atoms with Gasteiger partial charge in [0.1, 0.15) is 0 Å². The lowest BCUT2D eigenvalue weighted by Gasteiger charge is -2.17. The number of amides is 1. The molecule has 2 heterocycles. The molecule has 0 aromatic carbocycles. The summed E-state index contributed by atoms with van der Waals surface area (Å²) in [4.78, 5) is 28.3. The maximum atomic E-state index is 13.8. The Hall–Kier alpha value is -1.50. The molecule has 1 aromatic rings. The molecule has 1 amide bonds. The highest BCUT2D eigenvalue weighted by Gasteiger charge is 2.46. The molecular formula is C12H15FN2O3S. The predicted octanol–water partition coefficient (Wildman–Crippen LogP) is 1.27. The van der Waals surface area contributed by atoms with E-state index in [1.165, 1.54) is 16.2 Å². The summed E-state index contributed by atoms with van der Waals surface area (Å²) >= 11 is 1.49. The van der Waals surface area contributed by atoms with Crippen LogP contribution in [-0.4, -0.2) is 45.6 Å². The molecule has 1 atom stereocenters. The fourth-order valence-electron chi connectivity index (χ4n) is 2.02. The van der Waals surface area contributed by atoms with Crippen molar-refractivity contribution in [2.75, 3.05) is 13.1 Å². The molecule has 0 spiro atoms. The van der Waals surface area contributed by atoms with Crippen molar-refractivity contribution in [3.05, 3.63) is 16.1 Å². The highest BCUT2D eigenvalue weighted by Crippen LogP contribution is 2.26. The van der Waals surface area contributed by atoms with Crippen LogP contribution in [0.5, 0.6) is 0 Å². The van der Waals surface area contributed by atoms with Gasteiger partial charge in [-0.3, -0.25) is 4.79 Å². The fraction of sp³-hybridized carbons (Fsp3) is 0.583. The van der Waals surface area contributed by atoms with E-state index in [4.69, 9.17) is 5.11 Å². The molecule has 7 heteroatoms. The zero-order valence-electron chi connectivity index (χ0n) is 10.6. The summed E-state index contributed by atoms with van der Waals surface area (Å²) < 4.78 is 13.8. The van der Waals surface area contributed by atoms with Gasteiger partial charge < -0.3 is 10.0 Å². The predicted molar refractivity (Wildman–Crippen MR) is 67.9 cm³/mol. The average Bonchev–Trinajstić information content (AvgIpc) is 2.96. The van der Waals surface area contributed by atoms with Gasteiger partial charge in [0.25, 0.3) is 0 Å². The minimum atomic E-state index is -2.30. The molecule has 0 saturated carbocycles. The van der Waals surface area contributed by atoms with E-state index < -0.39 is 11.6 Å². The molecule has 1 fully saturated rings. The van der Waals surface area contributed by atoms with Gasteiger partial charge in [-0.15, -0.1) is 11.3 Å². The number of rotatable bonds is 4. The van der Waals surface area contributed by atoms with E-state index in [1.54, 1.807) is 0 Å². The lowest BCUT2D eigenvalue weighted by molar-refractivity contribution is -0.150. The Bertz CT molecular complexity index is 505. The van der Waals surface area contributed by atoms with Crippen LogP contribution < -0.4 is 0 Å². The summed E-state index contributed by atoms with van der Waals surface area (Å²) in [5.74, 6) is -1.77. The molecule has 0 radical (unpaired) electrons. The van der Waals surface area contributed by atoms with Crippen LogP contribution in [0.2, 0.25) is 0 Å². The van der Waals surface area contributed by atoms with Crippen LogP contribution in [0.1, 0.15) is 24.0 Å². The maximum Gasteiger partial charge on any atom is 0.343 e. The average molecular weight is 286 g/mol. The van der Waals surface area contributed by atoms with Crippen molar-refractivity contribution in [1.29, 1.82) is 0 Å². The van der Waals surface area contributed by atoms with Crippen LogP contribution in [0.4, 0.5) is 4.39 Å². The Morgan fingerprint density at radius 2 is 2.37 bits per heavy atom. The van der Waals surface area contributed by atoms with E-state index in [2.05, 4.69) is 4.98 Å². The molecule has 5 nitrogen and oxygen atoms in total. The van der Waals surface area contributed by atoms with Gasteiger partial charge in [-0.25, -0.2) is 14.2 Å². The second-order valence-corrected chi connectivity index (χ2v) is 5.54.